The lowest BCUT2D eigenvalue weighted by molar-refractivity contribution is -0.116. The van der Waals surface area contributed by atoms with Crippen molar-refractivity contribution in [2.45, 2.75) is 0 Å². The Labute approximate surface area is 39.8 Å². The quantitative estimate of drug-likeness (QED) is 0.213. The summed E-state index contributed by atoms with van der Waals surface area (Å²) < 4.78 is 3.52. The average molecular weight is 109 g/mol. The fraction of sp³-hybridized carbons (Fsp3) is 0. The number of carbonyl (C=O) groups is 1. The Morgan fingerprint density at radius 1 is 1.83 bits per heavy atom. The molecule has 4 nitrogen and oxygen atoms in total. The summed E-state index contributed by atoms with van der Waals surface area (Å²) in [4.78, 5) is 13.0. The maximum atomic E-state index is 9.43. The second kappa shape index (κ2) is 2.80. The first-order valence-electron chi connectivity index (χ1n) is 1.05. The van der Waals surface area contributed by atoms with Crippen LogP contribution in [0.4, 0.5) is 4.79 Å². The molecule has 0 fully saturated rings. The van der Waals surface area contributed by atoms with E-state index in [0.717, 1.165) is 0 Å². The van der Waals surface area contributed by atoms with Crippen molar-refractivity contribution in [2.24, 2.45) is 5.73 Å². The maximum absolute atomic E-state index is 9.43. The molecule has 0 aliphatic carbocycles. The highest BCUT2D eigenvalue weighted by Gasteiger charge is 1.85. The van der Waals surface area contributed by atoms with Crippen LogP contribution in [0.1, 0.15) is 0 Å². The lowest BCUT2D eigenvalue weighted by atomic mass is 11.3. The number of hydrogen-bond donors (Lipinski definition) is 2. The third-order valence-corrected chi connectivity index (χ3v) is 0.194. The largest absolute Gasteiger partial charge is 0.437 e. The molecule has 0 spiro atoms. The van der Waals surface area contributed by atoms with Crippen LogP contribution in [0.3, 0.4) is 0 Å². The Morgan fingerprint density at radius 2 is 2.33 bits per heavy atom. The number of carbonyl (C=O) groups excluding carboxylic acids is 1. The van der Waals surface area contributed by atoms with Gasteiger partial charge in [-0.25, -0.2) is 4.79 Å². The van der Waals surface area contributed by atoms with Gasteiger partial charge in [0.15, 0.2) is 0 Å². The second-order valence-corrected chi connectivity index (χ2v) is 0.626. The monoisotopic (exact) mass is 109 g/mol. The van der Waals surface area contributed by atoms with Crippen molar-refractivity contribution in [2.75, 3.05) is 0 Å². The topological polar surface area (TPSA) is 61.6 Å². The van der Waals surface area contributed by atoms with E-state index in [4.69, 9.17) is 0 Å². The Bertz CT molecular complexity index is 54.8. The van der Waals surface area contributed by atoms with Gasteiger partial charge in [0, 0.05) is 12.9 Å². The SMILES string of the molecule is NC(=O)OOS. The van der Waals surface area contributed by atoms with Gasteiger partial charge in [-0.05, 0) is 0 Å². The summed E-state index contributed by atoms with van der Waals surface area (Å²) in [5.74, 6) is 0. The minimum absolute atomic E-state index is 1.01. The average Bonchev–Trinajstić information content (AvgIpc) is 1.35. The standard InChI is InChI=1S/CH3NO3S/c2-1(3)4-5-6/h6H,(H2,2,3). The highest BCUT2D eigenvalue weighted by molar-refractivity contribution is 7.74. The highest BCUT2D eigenvalue weighted by atomic mass is 32.1. The normalized spacial score (nSPS) is 7.50. The van der Waals surface area contributed by atoms with Crippen molar-refractivity contribution >= 4 is 19.0 Å². The van der Waals surface area contributed by atoms with E-state index in [-0.39, 0.29) is 0 Å². The Morgan fingerprint density at radius 3 is 2.33 bits per heavy atom. The van der Waals surface area contributed by atoms with Gasteiger partial charge in [0.1, 0.15) is 0 Å². The molecule has 6 heavy (non-hydrogen) atoms. The minimum atomic E-state index is -1.01. The zero-order chi connectivity index (χ0) is 4.99. The van der Waals surface area contributed by atoms with Gasteiger partial charge in [0.05, 0.1) is 0 Å². The summed E-state index contributed by atoms with van der Waals surface area (Å²) in [6.45, 7) is 0. The van der Waals surface area contributed by atoms with Gasteiger partial charge in [-0.15, -0.1) is 4.33 Å². The summed E-state index contributed by atoms with van der Waals surface area (Å²) in [5.41, 5.74) is 4.37. The summed E-state index contributed by atoms with van der Waals surface area (Å²) in [5, 5.41) is 0. The molecule has 0 heterocycles. The maximum Gasteiger partial charge on any atom is 0.437 e. The van der Waals surface area contributed by atoms with E-state index in [1.54, 1.807) is 0 Å². The smallest absolute Gasteiger partial charge is 0.333 e. The molecule has 0 aliphatic rings. The van der Waals surface area contributed by atoms with E-state index < -0.39 is 6.09 Å². The number of amides is 1. The Balaban J connectivity index is 2.83. The second-order valence-electron chi connectivity index (χ2n) is 0.477. The van der Waals surface area contributed by atoms with Crippen LogP contribution in [-0.4, -0.2) is 6.09 Å². The molecular weight excluding hydrogens is 106 g/mol. The molecule has 0 rings (SSSR count). The van der Waals surface area contributed by atoms with Crippen molar-refractivity contribution in [1.82, 2.24) is 0 Å². The number of nitrogens with two attached hydrogens (primary N) is 1. The molecule has 36 valence electrons. The Kier molecular flexibility index (Phi) is 2.60. The number of rotatable bonds is 1. The van der Waals surface area contributed by atoms with Gasteiger partial charge in [-0.2, -0.15) is 0 Å². The van der Waals surface area contributed by atoms with Gasteiger partial charge in [-0.1, -0.05) is 0 Å². The Hall–Kier alpha value is -0.420. The molecule has 0 bridgehead atoms. The lowest BCUT2D eigenvalue weighted by Crippen LogP contribution is -2.10. The van der Waals surface area contributed by atoms with Crippen LogP contribution in [0.5, 0.6) is 0 Å². The van der Waals surface area contributed by atoms with Crippen LogP contribution in [0, 0.1) is 0 Å². The molecule has 0 aromatic rings. The molecule has 5 heteroatoms. The molecule has 0 atom stereocenters. The predicted octanol–water partition coefficient (Wildman–Crippen LogP) is -0.142. The van der Waals surface area contributed by atoms with Crippen molar-refractivity contribution in [3.63, 3.8) is 0 Å². The molecule has 0 aromatic carbocycles. The van der Waals surface area contributed by atoms with E-state index >= 15 is 0 Å². The van der Waals surface area contributed by atoms with Crippen molar-refractivity contribution in [1.29, 1.82) is 0 Å². The summed E-state index contributed by atoms with van der Waals surface area (Å²) in [6, 6.07) is 0. The molecule has 0 aliphatic heterocycles. The summed E-state index contributed by atoms with van der Waals surface area (Å²) in [6.07, 6.45) is -1.01. The zero-order valence-corrected chi connectivity index (χ0v) is 3.64. The molecule has 0 saturated heterocycles. The van der Waals surface area contributed by atoms with Gasteiger partial charge < -0.3 is 5.73 Å². The molecule has 0 radical (unpaired) electrons. The number of hydrogen-bond acceptors (Lipinski definition) is 4. The zero-order valence-electron chi connectivity index (χ0n) is 2.75. The van der Waals surface area contributed by atoms with Gasteiger partial charge >= 0.3 is 6.09 Å². The highest BCUT2D eigenvalue weighted by Crippen LogP contribution is 1.77. The van der Waals surface area contributed by atoms with Gasteiger partial charge in [0.2, 0.25) is 0 Å². The molecule has 2 N–H and O–H groups in total. The molecule has 1 amide bonds. The van der Waals surface area contributed by atoms with Crippen LogP contribution in [0.15, 0.2) is 0 Å². The fourth-order valence-electron chi connectivity index (χ4n) is 0.0367. The molecule has 0 aromatic heterocycles. The summed E-state index contributed by atoms with van der Waals surface area (Å²) in [7, 11) is 0. The van der Waals surface area contributed by atoms with Crippen molar-refractivity contribution in [3.8, 4) is 0 Å². The first-order chi connectivity index (χ1) is 2.77. The minimum Gasteiger partial charge on any atom is -0.333 e. The van der Waals surface area contributed by atoms with Gasteiger partial charge in [-0.3, -0.25) is 4.89 Å². The number of thiol groups is 1. The number of primary amides is 1. The van der Waals surface area contributed by atoms with E-state index in [2.05, 4.69) is 27.9 Å². The van der Waals surface area contributed by atoms with Crippen LogP contribution < -0.4 is 5.73 Å². The summed E-state index contributed by atoms with van der Waals surface area (Å²) >= 11 is 3.04. The van der Waals surface area contributed by atoms with Crippen LogP contribution in [-0.2, 0) is 9.22 Å². The van der Waals surface area contributed by atoms with E-state index in [0.29, 0.717) is 0 Å². The van der Waals surface area contributed by atoms with Crippen molar-refractivity contribution in [3.05, 3.63) is 0 Å². The predicted molar refractivity (Wildman–Crippen MR) is 20.7 cm³/mol. The first kappa shape index (κ1) is 5.58. The van der Waals surface area contributed by atoms with Crippen LogP contribution in [0.25, 0.3) is 0 Å². The van der Waals surface area contributed by atoms with Gasteiger partial charge in [0.25, 0.3) is 0 Å². The van der Waals surface area contributed by atoms with Crippen LogP contribution >= 0.6 is 12.9 Å². The van der Waals surface area contributed by atoms with E-state index in [1.165, 1.54) is 0 Å². The third kappa shape index (κ3) is 3.58. The fourth-order valence-corrected chi connectivity index (χ4v) is 0.110. The van der Waals surface area contributed by atoms with E-state index in [9.17, 15) is 4.79 Å². The third-order valence-electron chi connectivity index (χ3n) is 0.119. The molecule has 0 saturated carbocycles. The molecule has 0 unspecified atom stereocenters. The van der Waals surface area contributed by atoms with E-state index in [1.807, 2.05) is 0 Å². The molecular formula is CH3NO3S. The van der Waals surface area contributed by atoms with Crippen LogP contribution in [0.2, 0.25) is 0 Å². The first-order valence-corrected chi connectivity index (χ1v) is 1.41. The van der Waals surface area contributed by atoms with Crippen molar-refractivity contribution < 1.29 is 14.0 Å². The lowest BCUT2D eigenvalue weighted by Gasteiger charge is -1.85.